The maximum atomic E-state index is 12.2. The molecular weight excluding hydrogens is 490 g/mol. The largest absolute Gasteiger partial charge is 0.466 e. The van der Waals surface area contributed by atoms with Gasteiger partial charge in [-0.15, -0.1) is 10.1 Å². The normalized spacial score (nSPS) is 10.3. The van der Waals surface area contributed by atoms with Crippen molar-refractivity contribution in [2.75, 3.05) is 26.4 Å². The number of carbonyl (C=O) groups excluding carboxylic acids is 4. The Labute approximate surface area is 215 Å². The van der Waals surface area contributed by atoms with E-state index in [1.165, 1.54) is 19.1 Å². The lowest BCUT2D eigenvalue weighted by atomic mass is 10.2. The van der Waals surface area contributed by atoms with Crippen LogP contribution in [0.1, 0.15) is 81.5 Å². The summed E-state index contributed by atoms with van der Waals surface area (Å²) in [6, 6.07) is 6.34. The Kier molecular flexibility index (Phi) is 16.5. The molecule has 0 spiro atoms. The zero-order valence-electron chi connectivity index (χ0n) is 21.1. The average Bonchev–Trinajstić information content (AvgIpc) is 2.85. The van der Waals surface area contributed by atoms with Gasteiger partial charge in [-0.3, -0.25) is 14.4 Å². The minimum atomic E-state index is -0.857. The molecule has 0 aliphatic rings. The van der Waals surface area contributed by atoms with Crippen molar-refractivity contribution in [3.63, 3.8) is 0 Å². The van der Waals surface area contributed by atoms with Gasteiger partial charge in [0.15, 0.2) is 0 Å². The Bertz CT molecular complexity index is 872. The van der Waals surface area contributed by atoms with Crippen molar-refractivity contribution in [3.05, 3.63) is 39.9 Å². The second-order valence-electron chi connectivity index (χ2n) is 8.05. The summed E-state index contributed by atoms with van der Waals surface area (Å²) in [5, 5.41) is 9.13. The number of hydrogen-bond acceptors (Lipinski definition) is 11. The minimum Gasteiger partial charge on any atom is -0.466 e. The van der Waals surface area contributed by atoms with E-state index >= 15 is 0 Å². The molecule has 0 unspecified atom stereocenters. The molecule has 0 radical (unpaired) electrons. The Morgan fingerprint density at radius 1 is 0.730 bits per heavy atom. The lowest BCUT2D eigenvalue weighted by Gasteiger charge is -2.09. The molecule has 37 heavy (non-hydrogen) atoms. The van der Waals surface area contributed by atoms with Gasteiger partial charge in [-0.25, -0.2) is 4.79 Å². The first-order valence-electron chi connectivity index (χ1n) is 12.3. The van der Waals surface area contributed by atoms with E-state index in [1.54, 1.807) is 12.1 Å². The second kappa shape index (κ2) is 19.5. The highest BCUT2D eigenvalue weighted by Crippen LogP contribution is 2.19. The van der Waals surface area contributed by atoms with Crippen LogP contribution in [0.25, 0.3) is 0 Å². The van der Waals surface area contributed by atoms with Gasteiger partial charge in [-0.2, -0.15) is 0 Å². The molecule has 0 fully saturated rings. The Morgan fingerprint density at radius 2 is 1.24 bits per heavy atom. The maximum Gasteiger partial charge on any atom is 0.341 e. The molecule has 0 saturated heterocycles. The van der Waals surface area contributed by atoms with Gasteiger partial charge in [0.25, 0.3) is 5.09 Å². The number of nitrogens with zero attached hydrogens (tertiary/aromatic N) is 1. The number of esters is 4. The summed E-state index contributed by atoms with van der Waals surface area (Å²) in [5.41, 5.74) is 0.177. The Hall–Kier alpha value is -3.70. The molecule has 0 aliphatic carbocycles. The molecule has 0 heterocycles. The predicted octanol–water partition coefficient (Wildman–Crippen LogP) is 3.96. The van der Waals surface area contributed by atoms with E-state index in [-0.39, 0.29) is 62.5 Å². The van der Waals surface area contributed by atoms with Crippen LogP contribution in [0.5, 0.6) is 5.75 Å². The van der Waals surface area contributed by atoms with Crippen LogP contribution in [-0.4, -0.2) is 55.4 Å². The Morgan fingerprint density at radius 3 is 1.81 bits per heavy atom. The van der Waals surface area contributed by atoms with E-state index in [0.29, 0.717) is 51.4 Å². The van der Waals surface area contributed by atoms with E-state index in [0.717, 1.165) is 0 Å². The molecule has 0 saturated carbocycles. The molecular formula is C25H35NO11. The summed E-state index contributed by atoms with van der Waals surface area (Å²) in [5.74, 6) is -1.58. The van der Waals surface area contributed by atoms with E-state index < -0.39 is 17.0 Å². The SMILES string of the molecule is CC(=O)Oc1ccccc1C(=O)OCCCCCC(=O)OCCCCCC(=O)OCCCCO[N+](=O)[O-]. The van der Waals surface area contributed by atoms with E-state index in [1.807, 2.05) is 0 Å². The third kappa shape index (κ3) is 16.6. The second-order valence-corrected chi connectivity index (χ2v) is 8.05. The molecule has 0 bridgehead atoms. The monoisotopic (exact) mass is 525 g/mol. The van der Waals surface area contributed by atoms with Gasteiger partial charge in [0.1, 0.15) is 11.3 Å². The van der Waals surface area contributed by atoms with Gasteiger partial charge in [0, 0.05) is 19.8 Å². The first kappa shape index (κ1) is 31.3. The molecule has 12 nitrogen and oxygen atoms in total. The number of unbranched alkanes of at least 4 members (excludes halogenated alkanes) is 5. The molecule has 0 N–H and O–H groups in total. The summed E-state index contributed by atoms with van der Waals surface area (Å²) in [6.07, 6.45) is 5.29. The van der Waals surface area contributed by atoms with Gasteiger partial charge < -0.3 is 23.8 Å². The van der Waals surface area contributed by atoms with Crippen molar-refractivity contribution in [2.45, 2.75) is 71.1 Å². The predicted molar refractivity (Wildman–Crippen MR) is 129 cm³/mol. The minimum absolute atomic E-state index is 0.0195. The molecule has 0 atom stereocenters. The summed E-state index contributed by atoms with van der Waals surface area (Å²) >= 11 is 0. The standard InChI is InChI=1S/C25H35NO11/c1-20(27)37-22-13-7-6-12-21(22)25(30)35-18-9-3-5-15-23(28)33-16-8-2-4-14-24(29)34-17-10-11-19-36-26(31)32/h6-7,12-13H,2-5,8-11,14-19H2,1H3. The third-order valence-corrected chi connectivity index (χ3v) is 4.91. The fourth-order valence-corrected chi connectivity index (χ4v) is 3.08. The molecule has 1 rings (SSSR count). The van der Waals surface area contributed by atoms with E-state index in [4.69, 9.17) is 18.9 Å². The summed E-state index contributed by atoms with van der Waals surface area (Å²) in [6.45, 7) is 1.89. The first-order valence-corrected chi connectivity index (χ1v) is 12.3. The molecule has 0 aromatic heterocycles. The van der Waals surface area contributed by atoms with Gasteiger partial charge in [0.2, 0.25) is 0 Å². The number of carbonyl (C=O) groups is 4. The van der Waals surface area contributed by atoms with Gasteiger partial charge in [-0.1, -0.05) is 12.1 Å². The van der Waals surface area contributed by atoms with Crippen LogP contribution < -0.4 is 4.74 Å². The zero-order chi connectivity index (χ0) is 27.3. The zero-order valence-corrected chi connectivity index (χ0v) is 21.1. The van der Waals surface area contributed by atoms with Crippen LogP contribution in [0.15, 0.2) is 24.3 Å². The first-order chi connectivity index (χ1) is 17.8. The quantitative estimate of drug-likeness (QED) is 0.0605. The fourth-order valence-electron chi connectivity index (χ4n) is 3.08. The molecule has 206 valence electrons. The third-order valence-electron chi connectivity index (χ3n) is 4.91. The van der Waals surface area contributed by atoms with Crippen molar-refractivity contribution < 1.29 is 48.0 Å². The number of rotatable bonds is 20. The highest BCUT2D eigenvalue weighted by molar-refractivity contribution is 5.93. The van der Waals surface area contributed by atoms with Gasteiger partial charge >= 0.3 is 23.9 Å². The lowest BCUT2D eigenvalue weighted by Crippen LogP contribution is -2.11. The smallest absolute Gasteiger partial charge is 0.341 e. The van der Waals surface area contributed by atoms with E-state index in [2.05, 4.69) is 4.84 Å². The summed E-state index contributed by atoms with van der Waals surface area (Å²) < 4.78 is 20.4. The van der Waals surface area contributed by atoms with Crippen LogP contribution >= 0.6 is 0 Å². The van der Waals surface area contributed by atoms with Crippen LogP contribution in [0, 0.1) is 10.1 Å². The molecule has 12 heteroatoms. The Balaban J connectivity index is 1.98. The number of benzene rings is 1. The summed E-state index contributed by atoms with van der Waals surface area (Å²) in [4.78, 5) is 60.8. The fraction of sp³-hybridized carbons (Fsp3) is 0.600. The molecule has 1 aromatic rings. The van der Waals surface area contributed by atoms with Crippen LogP contribution in [0.2, 0.25) is 0 Å². The molecule has 0 amide bonds. The number of ether oxygens (including phenoxy) is 4. The highest BCUT2D eigenvalue weighted by atomic mass is 16.9. The lowest BCUT2D eigenvalue weighted by molar-refractivity contribution is -0.757. The highest BCUT2D eigenvalue weighted by Gasteiger charge is 2.14. The van der Waals surface area contributed by atoms with Gasteiger partial charge in [0.05, 0.1) is 26.4 Å². The van der Waals surface area contributed by atoms with Crippen molar-refractivity contribution in [1.29, 1.82) is 0 Å². The van der Waals surface area contributed by atoms with Crippen molar-refractivity contribution in [1.82, 2.24) is 0 Å². The van der Waals surface area contributed by atoms with Crippen molar-refractivity contribution in [3.8, 4) is 5.75 Å². The molecule has 1 aromatic carbocycles. The average molecular weight is 526 g/mol. The van der Waals surface area contributed by atoms with Crippen LogP contribution in [-0.2, 0) is 33.4 Å². The van der Waals surface area contributed by atoms with E-state index in [9.17, 15) is 29.3 Å². The van der Waals surface area contributed by atoms with Gasteiger partial charge in [-0.05, 0) is 63.5 Å². The number of para-hydroxylation sites is 1. The molecule has 0 aliphatic heterocycles. The van der Waals surface area contributed by atoms with Crippen molar-refractivity contribution >= 4 is 23.9 Å². The van der Waals surface area contributed by atoms with Crippen molar-refractivity contribution in [2.24, 2.45) is 0 Å². The van der Waals surface area contributed by atoms with Crippen LogP contribution in [0.4, 0.5) is 0 Å². The number of hydrogen-bond donors (Lipinski definition) is 0. The summed E-state index contributed by atoms with van der Waals surface area (Å²) in [7, 11) is 0. The maximum absolute atomic E-state index is 12.2. The topological polar surface area (TPSA) is 158 Å². The van der Waals surface area contributed by atoms with Crippen LogP contribution in [0.3, 0.4) is 0 Å².